The highest BCUT2D eigenvalue weighted by Crippen LogP contribution is 2.36. The number of carboxylic acids is 1. The predicted octanol–water partition coefficient (Wildman–Crippen LogP) is 4.49. The Hall–Kier alpha value is -2.61. The molecule has 2 amide bonds. The quantitative estimate of drug-likeness (QED) is 0.623. The van der Waals surface area contributed by atoms with Crippen LogP contribution in [-0.2, 0) is 16.1 Å². The van der Waals surface area contributed by atoms with Gasteiger partial charge in [-0.1, -0.05) is 48.5 Å². The summed E-state index contributed by atoms with van der Waals surface area (Å²) in [5.41, 5.74) is 1.61. The zero-order valence-electron chi connectivity index (χ0n) is 18.0. The number of nitrogens with zero attached hydrogens (tertiary/aromatic N) is 2. The summed E-state index contributed by atoms with van der Waals surface area (Å²) < 4.78 is 0. The van der Waals surface area contributed by atoms with Crippen molar-refractivity contribution in [1.29, 1.82) is 0 Å². The summed E-state index contributed by atoms with van der Waals surface area (Å²) in [5.74, 6) is -1.64. The van der Waals surface area contributed by atoms with E-state index in [1.54, 1.807) is 24.3 Å². The zero-order chi connectivity index (χ0) is 23.5. The van der Waals surface area contributed by atoms with Crippen LogP contribution >= 0.6 is 23.2 Å². The molecule has 2 aliphatic rings. The van der Waals surface area contributed by atoms with Gasteiger partial charge in [-0.2, -0.15) is 0 Å². The molecule has 1 saturated carbocycles. The lowest BCUT2D eigenvalue weighted by molar-refractivity contribution is -0.122. The molecule has 0 radical (unpaired) electrons. The normalized spacial score (nSPS) is 16.6. The van der Waals surface area contributed by atoms with Crippen molar-refractivity contribution < 1.29 is 19.5 Å². The molecule has 0 saturated heterocycles. The molecule has 7 nitrogen and oxygen atoms in total. The first-order valence-electron chi connectivity index (χ1n) is 11.0. The smallest absolute Gasteiger partial charge is 0.335 e. The summed E-state index contributed by atoms with van der Waals surface area (Å²) >= 11 is 12.3. The van der Waals surface area contributed by atoms with Crippen molar-refractivity contribution in [2.24, 2.45) is 0 Å². The average molecular weight is 490 g/mol. The molecular weight excluding hydrogens is 465 g/mol. The van der Waals surface area contributed by atoms with Gasteiger partial charge in [0.05, 0.1) is 30.0 Å². The van der Waals surface area contributed by atoms with Crippen molar-refractivity contribution >= 4 is 52.4 Å². The van der Waals surface area contributed by atoms with E-state index in [1.165, 1.54) is 28.4 Å². The number of hydrogen-bond acceptors (Lipinski definition) is 4. The number of amides is 2. The number of aromatic carboxylic acids is 1. The number of fused-ring (bicyclic) bond motifs is 1. The van der Waals surface area contributed by atoms with Gasteiger partial charge in [-0.25, -0.2) is 4.79 Å². The molecule has 1 aliphatic heterocycles. The van der Waals surface area contributed by atoms with E-state index in [0.717, 1.165) is 25.7 Å². The van der Waals surface area contributed by atoms with Gasteiger partial charge in [0.25, 0.3) is 0 Å². The lowest BCUT2D eigenvalue weighted by Crippen LogP contribution is -2.51. The van der Waals surface area contributed by atoms with Crippen LogP contribution in [0.5, 0.6) is 0 Å². The topological polar surface area (TPSA) is 90.0 Å². The van der Waals surface area contributed by atoms with Crippen LogP contribution in [0.2, 0.25) is 10.0 Å². The van der Waals surface area contributed by atoms with Crippen molar-refractivity contribution in [2.45, 2.75) is 44.7 Å². The molecule has 0 atom stereocenters. The third-order valence-corrected chi connectivity index (χ3v) is 6.78. The SMILES string of the molecule is O=C(O)c1ccc2c(c1)N(C(=O)CNC1CCCCC1)CC(=O)N2Cc1ccc(Cl)cc1Cl. The Bertz CT molecular complexity index is 1090. The average Bonchev–Trinajstić information content (AvgIpc) is 2.80. The predicted molar refractivity (Wildman–Crippen MR) is 128 cm³/mol. The highest BCUT2D eigenvalue weighted by Gasteiger charge is 2.33. The third-order valence-electron chi connectivity index (χ3n) is 6.19. The first-order chi connectivity index (χ1) is 15.8. The number of anilines is 2. The first-order valence-corrected chi connectivity index (χ1v) is 11.7. The van der Waals surface area contributed by atoms with E-state index in [4.69, 9.17) is 23.2 Å². The van der Waals surface area contributed by atoms with Gasteiger partial charge in [-0.3, -0.25) is 14.5 Å². The van der Waals surface area contributed by atoms with Crippen LogP contribution in [0.25, 0.3) is 0 Å². The van der Waals surface area contributed by atoms with Gasteiger partial charge in [0.15, 0.2) is 0 Å². The van der Waals surface area contributed by atoms with Crippen molar-refractivity contribution in [2.75, 3.05) is 22.9 Å². The first kappa shape index (κ1) is 23.5. The maximum atomic E-state index is 13.1. The van der Waals surface area contributed by atoms with Gasteiger partial charge in [0.1, 0.15) is 6.54 Å². The van der Waals surface area contributed by atoms with Crippen molar-refractivity contribution in [3.05, 3.63) is 57.6 Å². The van der Waals surface area contributed by atoms with Crippen LogP contribution in [0.4, 0.5) is 11.4 Å². The molecule has 0 unspecified atom stereocenters. The molecule has 2 aromatic carbocycles. The second kappa shape index (κ2) is 10.1. The fourth-order valence-electron chi connectivity index (χ4n) is 4.39. The van der Waals surface area contributed by atoms with Gasteiger partial charge in [0.2, 0.25) is 11.8 Å². The lowest BCUT2D eigenvalue weighted by atomic mass is 9.95. The Morgan fingerprint density at radius 3 is 2.48 bits per heavy atom. The summed E-state index contributed by atoms with van der Waals surface area (Å²) in [6.07, 6.45) is 5.55. The standard InChI is InChI=1S/C24H25Cl2N3O4/c25-17-8-6-16(19(26)11-17)13-28-20-9-7-15(24(32)33)10-21(20)29(14-23(28)31)22(30)12-27-18-4-2-1-3-5-18/h6-11,18,27H,1-5,12-14H2,(H,32,33). The minimum Gasteiger partial charge on any atom is -0.478 e. The number of halogens is 2. The van der Waals surface area contributed by atoms with Crippen LogP contribution in [0.1, 0.15) is 48.0 Å². The number of carboxylic acid groups (broad SMARTS) is 1. The molecule has 2 N–H and O–H groups in total. The van der Waals surface area contributed by atoms with E-state index in [2.05, 4.69) is 5.32 Å². The second-order valence-electron chi connectivity index (χ2n) is 8.42. The Morgan fingerprint density at radius 1 is 1.03 bits per heavy atom. The molecule has 0 spiro atoms. The van der Waals surface area contributed by atoms with E-state index < -0.39 is 5.97 Å². The lowest BCUT2D eigenvalue weighted by Gasteiger charge is -2.37. The second-order valence-corrected chi connectivity index (χ2v) is 9.26. The van der Waals surface area contributed by atoms with Crippen LogP contribution in [0.15, 0.2) is 36.4 Å². The van der Waals surface area contributed by atoms with Gasteiger partial charge >= 0.3 is 5.97 Å². The van der Waals surface area contributed by atoms with E-state index in [1.807, 2.05) is 0 Å². The van der Waals surface area contributed by atoms with Crippen LogP contribution < -0.4 is 15.1 Å². The Labute approximate surface area is 202 Å². The molecule has 1 aliphatic carbocycles. The Kier molecular flexibility index (Phi) is 7.22. The summed E-state index contributed by atoms with van der Waals surface area (Å²) in [4.78, 5) is 40.7. The zero-order valence-corrected chi connectivity index (χ0v) is 19.5. The summed E-state index contributed by atoms with van der Waals surface area (Å²) in [7, 11) is 0. The largest absolute Gasteiger partial charge is 0.478 e. The third kappa shape index (κ3) is 5.32. The highest BCUT2D eigenvalue weighted by atomic mass is 35.5. The number of carbonyl (C=O) groups excluding carboxylic acids is 2. The Balaban J connectivity index is 1.61. The number of nitrogens with one attached hydrogen (secondary N) is 1. The van der Waals surface area contributed by atoms with Crippen LogP contribution in [0.3, 0.4) is 0 Å². The van der Waals surface area contributed by atoms with E-state index in [0.29, 0.717) is 27.0 Å². The highest BCUT2D eigenvalue weighted by molar-refractivity contribution is 6.35. The molecule has 9 heteroatoms. The molecule has 0 bridgehead atoms. The van der Waals surface area contributed by atoms with E-state index >= 15 is 0 Å². The van der Waals surface area contributed by atoms with Gasteiger partial charge < -0.3 is 15.3 Å². The van der Waals surface area contributed by atoms with Gasteiger partial charge in [0, 0.05) is 16.1 Å². The van der Waals surface area contributed by atoms with Crippen LogP contribution in [0, 0.1) is 0 Å². The fraction of sp³-hybridized carbons (Fsp3) is 0.375. The van der Waals surface area contributed by atoms with Crippen molar-refractivity contribution in [3.8, 4) is 0 Å². The molecule has 174 valence electrons. The molecule has 2 aromatic rings. The fourth-order valence-corrected chi connectivity index (χ4v) is 4.86. The van der Waals surface area contributed by atoms with Crippen molar-refractivity contribution in [3.63, 3.8) is 0 Å². The molecule has 33 heavy (non-hydrogen) atoms. The number of hydrogen-bond donors (Lipinski definition) is 2. The molecule has 4 rings (SSSR count). The van der Waals surface area contributed by atoms with Crippen molar-refractivity contribution in [1.82, 2.24) is 5.32 Å². The summed E-state index contributed by atoms with van der Waals surface area (Å²) in [5, 5.41) is 13.7. The number of carbonyl (C=O) groups is 3. The molecule has 1 heterocycles. The summed E-state index contributed by atoms with van der Waals surface area (Å²) in [6, 6.07) is 9.77. The molecule has 0 aromatic heterocycles. The monoisotopic (exact) mass is 489 g/mol. The maximum absolute atomic E-state index is 13.1. The number of benzene rings is 2. The molecular formula is C24H25Cl2N3O4. The number of rotatable bonds is 6. The Morgan fingerprint density at radius 2 is 1.79 bits per heavy atom. The minimum absolute atomic E-state index is 0.0469. The maximum Gasteiger partial charge on any atom is 0.335 e. The minimum atomic E-state index is -1.10. The van der Waals surface area contributed by atoms with Crippen LogP contribution in [-0.4, -0.2) is 42.0 Å². The molecule has 1 fully saturated rings. The van der Waals surface area contributed by atoms with E-state index in [9.17, 15) is 19.5 Å². The van der Waals surface area contributed by atoms with Gasteiger partial charge in [-0.15, -0.1) is 0 Å². The van der Waals surface area contributed by atoms with Gasteiger partial charge in [-0.05, 0) is 48.7 Å². The van der Waals surface area contributed by atoms with E-state index in [-0.39, 0.29) is 43.1 Å². The summed E-state index contributed by atoms with van der Waals surface area (Å²) in [6.45, 7) is 0.0980.